The summed E-state index contributed by atoms with van der Waals surface area (Å²) >= 11 is 0. The third kappa shape index (κ3) is 11.5. The number of nitriles is 1. The SMILES string of the molecule is COc1ccc(C(OC[C@H]2O[C@@H](n3cnc4c(=O)[nH]c(/N=C/N(C)C)nc43)[C@@H](O[Si](C)(C)C(C)(C)C)[C@H]2OP(OCCC#N)N(C(C)C)C(C)C)(c2ccccc2)c2ccc(OC)cc2)cc1. The van der Waals surface area contributed by atoms with Crippen molar-refractivity contribution in [1.29, 1.82) is 5.26 Å². The summed E-state index contributed by atoms with van der Waals surface area (Å²) in [6, 6.07) is 28.0. The molecule has 1 fully saturated rings. The fourth-order valence-electron chi connectivity index (χ4n) is 7.85. The lowest BCUT2D eigenvalue weighted by molar-refractivity contribution is -0.0926. The molecule has 0 radical (unpaired) electrons. The van der Waals surface area contributed by atoms with E-state index in [2.05, 4.69) is 87.3 Å². The van der Waals surface area contributed by atoms with Crippen LogP contribution in [0.5, 0.6) is 11.5 Å². The number of imidazole rings is 1. The highest BCUT2D eigenvalue weighted by Gasteiger charge is 2.54. The zero-order valence-corrected chi connectivity index (χ0v) is 43.0. The van der Waals surface area contributed by atoms with Crippen molar-refractivity contribution in [2.75, 3.05) is 41.5 Å². The highest BCUT2D eigenvalue weighted by molar-refractivity contribution is 7.44. The Labute approximate surface area is 397 Å². The topological polar surface area (TPSA) is 171 Å². The molecule has 1 N–H and O–H groups in total. The molecule has 0 saturated carbocycles. The number of aliphatic imine (C=N–C) groups is 1. The average Bonchev–Trinajstić information content (AvgIpc) is 3.86. The van der Waals surface area contributed by atoms with Crippen LogP contribution in [0.2, 0.25) is 18.1 Å². The summed E-state index contributed by atoms with van der Waals surface area (Å²) in [5, 5.41) is 9.39. The predicted molar refractivity (Wildman–Crippen MR) is 264 cm³/mol. The van der Waals surface area contributed by atoms with Crippen LogP contribution < -0.4 is 15.0 Å². The molecule has 5 aromatic rings. The molecule has 18 heteroatoms. The number of aromatic amines is 1. The molecule has 0 bridgehead atoms. The van der Waals surface area contributed by atoms with Crippen molar-refractivity contribution >= 4 is 40.3 Å². The standard InChI is InChI=1S/C49H67N8O8PSi/c1-33(2)57(34(3)4)66(62-29-17-28-50)64-42-40(30-61-49(35-18-15-14-16-19-35,36-20-24-38(59-10)25-21-36)37-22-26-39(60-11)27-23-37)63-46(43(42)65-67(12,13)48(5,6)7)56-32-51-41-44(56)53-47(54-45(41)58)52-31-55(8)9/h14-16,18-27,31-34,40,42-43,46H,17,29-30H2,1-13H3,(H,53,54,58)/b52-31+/t40-,42+,43+,46-,66?/m1/s1. The van der Waals surface area contributed by atoms with Crippen LogP contribution >= 0.6 is 8.53 Å². The number of benzene rings is 3. The van der Waals surface area contributed by atoms with Crippen LogP contribution in [0.1, 0.15) is 77.8 Å². The van der Waals surface area contributed by atoms with E-state index in [1.807, 2.05) is 93.0 Å². The lowest BCUT2D eigenvalue weighted by Gasteiger charge is -2.42. The lowest BCUT2D eigenvalue weighted by atomic mass is 9.80. The summed E-state index contributed by atoms with van der Waals surface area (Å²) in [5.74, 6) is 1.49. The summed E-state index contributed by atoms with van der Waals surface area (Å²) < 4.78 is 51.4. The zero-order valence-electron chi connectivity index (χ0n) is 41.1. The van der Waals surface area contributed by atoms with Gasteiger partial charge in [-0.3, -0.25) is 14.3 Å². The Balaban J connectivity index is 1.59. The number of rotatable bonds is 21. The molecule has 2 aromatic heterocycles. The van der Waals surface area contributed by atoms with E-state index in [4.69, 9.17) is 37.4 Å². The number of fused-ring (bicyclic) bond motifs is 1. The van der Waals surface area contributed by atoms with Gasteiger partial charge in [-0.15, -0.1) is 0 Å². The largest absolute Gasteiger partial charge is 0.497 e. The van der Waals surface area contributed by atoms with Gasteiger partial charge in [0.15, 0.2) is 25.7 Å². The lowest BCUT2D eigenvalue weighted by Crippen LogP contribution is -2.50. The highest BCUT2D eigenvalue weighted by atomic mass is 31.2. The van der Waals surface area contributed by atoms with Crippen LogP contribution in [0.4, 0.5) is 5.95 Å². The van der Waals surface area contributed by atoms with Gasteiger partial charge in [0, 0.05) is 26.2 Å². The second-order valence-electron chi connectivity index (χ2n) is 18.8. The molecule has 3 aromatic carbocycles. The number of aromatic nitrogens is 4. The zero-order chi connectivity index (χ0) is 48.7. The molecule has 16 nitrogen and oxygen atoms in total. The Morgan fingerprint density at radius 1 is 0.925 bits per heavy atom. The normalized spacial score (nSPS) is 18.6. The number of H-pyrrole nitrogens is 1. The van der Waals surface area contributed by atoms with Crippen molar-refractivity contribution < 1.29 is 32.4 Å². The van der Waals surface area contributed by atoms with Crippen molar-refractivity contribution in [3.8, 4) is 17.6 Å². The second kappa shape index (κ2) is 21.9. The minimum Gasteiger partial charge on any atom is -0.497 e. The quantitative estimate of drug-likeness (QED) is 0.0185. The van der Waals surface area contributed by atoms with Gasteiger partial charge in [0.2, 0.25) is 5.95 Å². The van der Waals surface area contributed by atoms with Crippen LogP contribution in [0.25, 0.3) is 11.2 Å². The molecule has 1 aliphatic rings. The van der Waals surface area contributed by atoms with Crippen LogP contribution in [0, 0.1) is 11.3 Å². The maximum atomic E-state index is 13.6. The molecule has 6 rings (SSSR count). The van der Waals surface area contributed by atoms with Crippen molar-refractivity contribution in [2.24, 2.45) is 4.99 Å². The molecule has 5 atom stereocenters. The van der Waals surface area contributed by atoms with E-state index in [9.17, 15) is 10.1 Å². The summed E-state index contributed by atoms with van der Waals surface area (Å²) in [4.78, 5) is 31.9. The Morgan fingerprint density at radius 2 is 1.51 bits per heavy atom. The monoisotopic (exact) mass is 954 g/mol. The third-order valence-corrected chi connectivity index (χ3v) is 18.7. The Bertz CT molecular complexity index is 2450. The molecule has 3 heterocycles. The van der Waals surface area contributed by atoms with E-state index in [1.54, 1.807) is 36.4 Å². The van der Waals surface area contributed by atoms with Gasteiger partial charge in [0.05, 0.1) is 52.6 Å². The number of hydrogen-bond donors (Lipinski definition) is 1. The fraction of sp³-hybridized carbons (Fsp3) is 0.490. The smallest absolute Gasteiger partial charge is 0.280 e. The summed E-state index contributed by atoms with van der Waals surface area (Å²) in [5.41, 5.74) is 1.28. The van der Waals surface area contributed by atoms with E-state index in [-0.39, 0.29) is 53.9 Å². The molecule has 1 unspecified atom stereocenters. The van der Waals surface area contributed by atoms with Crippen LogP contribution in [-0.4, -0.2) is 116 Å². The maximum absolute atomic E-state index is 13.6. The van der Waals surface area contributed by atoms with Crippen molar-refractivity contribution in [3.05, 3.63) is 112 Å². The van der Waals surface area contributed by atoms with E-state index >= 15 is 0 Å². The molecular weight excluding hydrogens is 888 g/mol. The first-order valence-electron chi connectivity index (χ1n) is 22.6. The first-order valence-corrected chi connectivity index (χ1v) is 26.6. The molecule has 1 saturated heterocycles. The van der Waals surface area contributed by atoms with E-state index in [0.29, 0.717) is 11.5 Å². The molecule has 0 amide bonds. The number of methoxy groups -OCH3 is 2. The minimum atomic E-state index is -2.66. The highest BCUT2D eigenvalue weighted by Crippen LogP contribution is 2.53. The Kier molecular flexibility index (Phi) is 16.8. The first-order chi connectivity index (χ1) is 31.8. The average molecular weight is 955 g/mol. The second-order valence-corrected chi connectivity index (χ2v) is 24.9. The van der Waals surface area contributed by atoms with Gasteiger partial charge in [0.1, 0.15) is 35.4 Å². The van der Waals surface area contributed by atoms with Crippen LogP contribution in [0.3, 0.4) is 0 Å². The van der Waals surface area contributed by atoms with Gasteiger partial charge in [-0.25, -0.2) is 14.6 Å². The number of ether oxygens (including phenoxy) is 4. The molecule has 0 spiro atoms. The van der Waals surface area contributed by atoms with Crippen LogP contribution in [-0.2, 0) is 28.5 Å². The van der Waals surface area contributed by atoms with Gasteiger partial charge < -0.3 is 37.3 Å². The van der Waals surface area contributed by atoms with E-state index in [1.165, 1.54) is 0 Å². The Morgan fingerprint density at radius 3 is 2.03 bits per heavy atom. The van der Waals surface area contributed by atoms with Gasteiger partial charge >= 0.3 is 0 Å². The molecule has 360 valence electrons. The van der Waals surface area contributed by atoms with E-state index in [0.717, 1.165) is 16.7 Å². The summed E-state index contributed by atoms with van der Waals surface area (Å²) in [6.45, 7) is 19.4. The summed E-state index contributed by atoms with van der Waals surface area (Å²) in [6.07, 6.45) is -0.0900. The van der Waals surface area contributed by atoms with E-state index < -0.39 is 52.5 Å². The molecule has 0 aliphatic carbocycles. The number of nitrogens with one attached hydrogen (secondary N) is 1. The third-order valence-electron chi connectivity index (χ3n) is 12.1. The summed E-state index contributed by atoms with van der Waals surface area (Å²) in [7, 11) is 2.45. The molecular formula is C49H67N8O8PSi. The first kappa shape index (κ1) is 51.4. The number of hydrogen-bond acceptors (Lipinski definition) is 13. The van der Waals surface area contributed by atoms with Crippen molar-refractivity contribution in [3.63, 3.8) is 0 Å². The predicted octanol–water partition coefficient (Wildman–Crippen LogP) is 9.32. The van der Waals surface area contributed by atoms with Crippen molar-refractivity contribution in [2.45, 2.75) is 115 Å². The fourth-order valence-corrected chi connectivity index (χ4v) is 10.9. The van der Waals surface area contributed by atoms with Gasteiger partial charge in [-0.2, -0.15) is 10.2 Å². The van der Waals surface area contributed by atoms with Crippen LogP contribution in [0.15, 0.2) is 95.0 Å². The molecule has 67 heavy (non-hydrogen) atoms. The van der Waals surface area contributed by atoms with Gasteiger partial charge in [0.25, 0.3) is 14.1 Å². The van der Waals surface area contributed by atoms with Crippen molar-refractivity contribution in [1.82, 2.24) is 29.1 Å². The number of nitrogens with zero attached hydrogens (tertiary/aromatic N) is 7. The maximum Gasteiger partial charge on any atom is 0.280 e. The van der Waals surface area contributed by atoms with Gasteiger partial charge in [-0.1, -0.05) is 75.4 Å². The minimum absolute atomic E-state index is 0.00584. The Hall–Kier alpha value is -5.02. The molecule has 1 aliphatic heterocycles. The van der Waals surface area contributed by atoms with Gasteiger partial charge in [-0.05, 0) is 86.8 Å².